The highest BCUT2D eigenvalue weighted by Gasteiger charge is 2.19. The van der Waals surface area contributed by atoms with Gasteiger partial charge in [-0.3, -0.25) is 4.79 Å². The number of ether oxygens (including phenoxy) is 2. The van der Waals surface area contributed by atoms with Crippen molar-refractivity contribution in [3.8, 4) is 11.5 Å². The Morgan fingerprint density at radius 2 is 1.80 bits per heavy atom. The number of carbonyl (C=O) groups is 1. The average molecular weight is 280 g/mol. The highest BCUT2D eigenvalue weighted by atomic mass is 16.5. The third-order valence-corrected chi connectivity index (χ3v) is 3.07. The zero-order valence-corrected chi connectivity index (χ0v) is 12.7. The van der Waals surface area contributed by atoms with Crippen LogP contribution in [0.3, 0.4) is 0 Å². The molecule has 0 atom stereocenters. The maximum absolute atomic E-state index is 11.3. The van der Waals surface area contributed by atoms with Crippen molar-refractivity contribution in [3.63, 3.8) is 0 Å². The lowest BCUT2D eigenvalue weighted by atomic mass is 10.1. The van der Waals surface area contributed by atoms with E-state index in [0.29, 0.717) is 11.5 Å². The van der Waals surface area contributed by atoms with E-state index in [1.54, 1.807) is 14.2 Å². The predicted molar refractivity (Wildman–Crippen MR) is 80.6 cm³/mol. The van der Waals surface area contributed by atoms with Crippen LogP contribution in [0.2, 0.25) is 0 Å². The first-order valence-electron chi connectivity index (χ1n) is 6.79. The van der Waals surface area contributed by atoms with E-state index >= 15 is 0 Å². The third kappa shape index (κ3) is 4.05. The number of amides is 1. The van der Waals surface area contributed by atoms with Gasteiger partial charge in [0.1, 0.15) is 17.2 Å². The predicted octanol–water partition coefficient (Wildman–Crippen LogP) is 2.10. The lowest BCUT2D eigenvalue weighted by molar-refractivity contribution is -0.116. The standard InChI is InChI=1S/C15H24N2O3/c1-5-6-7-17(10-14(16)18)15-12(19-3)8-11(2)9-13(15)20-4/h8-9H,5-7,10H2,1-4H3,(H2,16,18). The van der Waals surface area contributed by atoms with E-state index in [2.05, 4.69) is 6.92 Å². The van der Waals surface area contributed by atoms with Gasteiger partial charge in [0.15, 0.2) is 0 Å². The van der Waals surface area contributed by atoms with Crippen LogP contribution >= 0.6 is 0 Å². The number of anilines is 1. The molecule has 1 aromatic rings. The van der Waals surface area contributed by atoms with Gasteiger partial charge in [-0.1, -0.05) is 13.3 Å². The van der Waals surface area contributed by atoms with Crippen molar-refractivity contribution in [3.05, 3.63) is 17.7 Å². The Hall–Kier alpha value is -1.91. The van der Waals surface area contributed by atoms with Gasteiger partial charge in [-0.15, -0.1) is 0 Å². The fourth-order valence-corrected chi connectivity index (χ4v) is 2.14. The quantitative estimate of drug-likeness (QED) is 0.792. The maximum Gasteiger partial charge on any atom is 0.236 e. The monoisotopic (exact) mass is 280 g/mol. The Morgan fingerprint density at radius 1 is 1.25 bits per heavy atom. The molecular formula is C15H24N2O3. The molecule has 0 heterocycles. The highest BCUT2D eigenvalue weighted by molar-refractivity contribution is 5.82. The van der Waals surface area contributed by atoms with E-state index in [1.165, 1.54) is 0 Å². The lowest BCUT2D eigenvalue weighted by Crippen LogP contribution is -2.35. The van der Waals surface area contributed by atoms with E-state index in [4.69, 9.17) is 15.2 Å². The van der Waals surface area contributed by atoms with Crippen LogP contribution in [-0.4, -0.2) is 33.2 Å². The molecule has 0 aliphatic rings. The minimum atomic E-state index is -0.370. The summed E-state index contributed by atoms with van der Waals surface area (Å²) in [4.78, 5) is 13.2. The van der Waals surface area contributed by atoms with Gasteiger partial charge in [-0.25, -0.2) is 0 Å². The van der Waals surface area contributed by atoms with Crippen molar-refractivity contribution >= 4 is 11.6 Å². The zero-order valence-electron chi connectivity index (χ0n) is 12.7. The average Bonchev–Trinajstić information content (AvgIpc) is 2.42. The van der Waals surface area contributed by atoms with Crippen LogP contribution in [0.15, 0.2) is 12.1 Å². The molecule has 0 saturated heterocycles. The first-order chi connectivity index (χ1) is 9.53. The molecule has 0 bridgehead atoms. The normalized spacial score (nSPS) is 10.2. The Labute approximate surface area is 120 Å². The Balaban J connectivity index is 3.24. The molecule has 20 heavy (non-hydrogen) atoms. The molecule has 0 aliphatic heterocycles. The van der Waals surface area contributed by atoms with Crippen LogP contribution in [0, 0.1) is 6.92 Å². The molecule has 5 heteroatoms. The zero-order chi connectivity index (χ0) is 15.1. The summed E-state index contributed by atoms with van der Waals surface area (Å²) >= 11 is 0. The molecule has 0 aliphatic carbocycles. The third-order valence-electron chi connectivity index (χ3n) is 3.07. The number of benzene rings is 1. The summed E-state index contributed by atoms with van der Waals surface area (Å²) in [6.07, 6.45) is 2.00. The number of unbranched alkanes of at least 4 members (excludes halogenated alkanes) is 1. The molecule has 2 N–H and O–H groups in total. The summed E-state index contributed by atoms with van der Waals surface area (Å²) in [5.41, 5.74) is 7.18. The van der Waals surface area contributed by atoms with E-state index in [0.717, 1.165) is 30.6 Å². The number of rotatable bonds is 8. The Morgan fingerprint density at radius 3 is 2.20 bits per heavy atom. The second kappa shape index (κ2) is 7.62. The summed E-state index contributed by atoms with van der Waals surface area (Å²) in [7, 11) is 3.22. The molecule has 112 valence electrons. The smallest absolute Gasteiger partial charge is 0.236 e. The van der Waals surface area contributed by atoms with E-state index in [9.17, 15) is 4.79 Å². The summed E-state index contributed by atoms with van der Waals surface area (Å²) in [6.45, 7) is 4.95. The molecule has 0 saturated carbocycles. The first kappa shape index (κ1) is 16.1. The molecule has 0 unspecified atom stereocenters. The van der Waals surface area contributed by atoms with Crippen molar-refractivity contribution in [2.45, 2.75) is 26.7 Å². The summed E-state index contributed by atoms with van der Waals surface area (Å²) in [5, 5.41) is 0. The summed E-state index contributed by atoms with van der Waals surface area (Å²) in [6, 6.07) is 3.86. The molecule has 0 fully saturated rings. The van der Waals surface area contributed by atoms with E-state index < -0.39 is 0 Å². The van der Waals surface area contributed by atoms with Crippen molar-refractivity contribution in [2.75, 3.05) is 32.2 Å². The molecule has 1 amide bonds. The Kier molecular flexibility index (Phi) is 6.15. The number of nitrogens with zero attached hydrogens (tertiary/aromatic N) is 1. The van der Waals surface area contributed by atoms with Crippen molar-refractivity contribution in [2.24, 2.45) is 5.73 Å². The lowest BCUT2D eigenvalue weighted by Gasteiger charge is -2.27. The molecule has 1 rings (SSSR count). The van der Waals surface area contributed by atoms with Crippen LogP contribution in [-0.2, 0) is 4.79 Å². The molecule has 0 radical (unpaired) electrons. The van der Waals surface area contributed by atoms with Gasteiger partial charge in [0.2, 0.25) is 5.91 Å². The SMILES string of the molecule is CCCCN(CC(N)=O)c1c(OC)cc(C)cc1OC. The van der Waals surface area contributed by atoms with Gasteiger partial charge in [0.05, 0.1) is 20.8 Å². The summed E-state index contributed by atoms with van der Waals surface area (Å²) < 4.78 is 10.9. The number of primary amides is 1. The number of carbonyl (C=O) groups excluding carboxylic acids is 1. The van der Waals surface area contributed by atoms with Gasteiger partial charge in [-0.2, -0.15) is 0 Å². The van der Waals surface area contributed by atoms with Crippen LogP contribution < -0.4 is 20.1 Å². The fraction of sp³-hybridized carbons (Fsp3) is 0.533. The van der Waals surface area contributed by atoms with Crippen LogP contribution in [0.1, 0.15) is 25.3 Å². The van der Waals surface area contributed by atoms with Gasteiger partial charge < -0.3 is 20.1 Å². The fourth-order valence-electron chi connectivity index (χ4n) is 2.14. The van der Waals surface area contributed by atoms with Crippen molar-refractivity contribution in [1.82, 2.24) is 0 Å². The van der Waals surface area contributed by atoms with E-state index in [-0.39, 0.29) is 12.5 Å². The number of aryl methyl sites for hydroxylation is 1. The molecule has 5 nitrogen and oxygen atoms in total. The van der Waals surface area contributed by atoms with Gasteiger partial charge in [0.25, 0.3) is 0 Å². The van der Waals surface area contributed by atoms with Gasteiger partial charge >= 0.3 is 0 Å². The van der Waals surface area contributed by atoms with Crippen LogP contribution in [0.5, 0.6) is 11.5 Å². The second-order valence-corrected chi connectivity index (χ2v) is 4.76. The Bertz CT molecular complexity index is 435. The molecule has 0 aromatic heterocycles. The minimum Gasteiger partial charge on any atom is -0.494 e. The topological polar surface area (TPSA) is 64.8 Å². The molecule has 0 spiro atoms. The van der Waals surface area contributed by atoms with Crippen molar-refractivity contribution in [1.29, 1.82) is 0 Å². The first-order valence-corrected chi connectivity index (χ1v) is 6.79. The second-order valence-electron chi connectivity index (χ2n) is 4.76. The highest BCUT2D eigenvalue weighted by Crippen LogP contribution is 2.39. The van der Waals surface area contributed by atoms with E-state index in [1.807, 2.05) is 24.0 Å². The number of nitrogens with two attached hydrogens (primary N) is 1. The largest absolute Gasteiger partial charge is 0.494 e. The van der Waals surface area contributed by atoms with Crippen molar-refractivity contribution < 1.29 is 14.3 Å². The van der Waals surface area contributed by atoms with Crippen LogP contribution in [0.4, 0.5) is 5.69 Å². The maximum atomic E-state index is 11.3. The number of hydrogen-bond donors (Lipinski definition) is 1. The number of hydrogen-bond acceptors (Lipinski definition) is 4. The summed E-state index contributed by atoms with van der Waals surface area (Å²) in [5.74, 6) is 1.02. The molecular weight excluding hydrogens is 256 g/mol. The van der Waals surface area contributed by atoms with Gasteiger partial charge in [0, 0.05) is 6.54 Å². The number of methoxy groups -OCH3 is 2. The van der Waals surface area contributed by atoms with Crippen LogP contribution in [0.25, 0.3) is 0 Å². The molecule has 1 aromatic carbocycles. The van der Waals surface area contributed by atoms with Gasteiger partial charge in [-0.05, 0) is 31.0 Å². The minimum absolute atomic E-state index is 0.149.